The highest BCUT2D eigenvalue weighted by Crippen LogP contribution is 2.32. The molecule has 0 radical (unpaired) electrons. The summed E-state index contributed by atoms with van der Waals surface area (Å²) >= 11 is 0. The van der Waals surface area contributed by atoms with Crippen LogP contribution < -0.4 is 15.1 Å². The summed E-state index contributed by atoms with van der Waals surface area (Å²) in [6.07, 6.45) is 0.602. The van der Waals surface area contributed by atoms with Gasteiger partial charge in [-0.2, -0.15) is 0 Å². The summed E-state index contributed by atoms with van der Waals surface area (Å²) in [7, 11) is 2.97. The quantitative estimate of drug-likeness (QED) is 0.596. The number of carbonyl (C=O) groups is 1. The highest BCUT2D eigenvalue weighted by atomic mass is 16.5. The summed E-state index contributed by atoms with van der Waals surface area (Å²) in [6, 6.07) is 4.25. The zero-order valence-electron chi connectivity index (χ0n) is 9.35. The molecule has 0 aliphatic heterocycles. The Balaban J connectivity index is 2.86. The third kappa shape index (κ3) is 1.87. The Bertz CT molecular complexity index is 627. The highest BCUT2D eigenvalue weighted by Gasteiger charge is 2.11. The van der Waals surface area contributed by atoms with Crippen molar-refractivity contribution in [2.75, 3.05) is 14.2 Å². The van der Waals surface area contributed by atoms with Crippen molar-refractivity contribution in [2.24, 2.45) is 0 Å². The van der Waals surface area contributed by atoms with Crippen molar-refractivity contribution in [3.05, 3.63) is 34.2 Å². The fourth-order valence-corrected chi connectivity index (χ4v) is 1.61. The Morgan fingerprint density at radius 2 is 1.76 bits per heavy atom. The number of hydrogen-bond donors (Lipinski definition) is 0. The third-order valence-electron chi connectivity index (χ3n) is 2.41. The van der Waals surface area contributed by atoms with Gasteiger partial charge >= 0.3 is 5.63 Å². The fraction of sp³-hybridized carbons (Fsp3) is 0.167. The summed E-state index contributed by atoms with van der Waals surface area (Å²) in [5.74, 6) is 0.906. The summed E-state index contributed by atoms with van der Waals surface area (Å²) in [4.78, 5) is 22.1. The first kappa shape index (κ1) is 11.2. The van der Waals surface area contributed by atoms with Gasteiger partial charge in [0.15, 0.2) is 17.8 Å². The molecule has 0 N–H and O–H groups in total. The molecule has 0 spiro atoms. The van der Waals surface area contributed by atoms with Crippen molar-refractivity contribution in [3.63, 3.8) is 0 Å². The van der Waals surface area contributed by atoms with Crippen LogP contribution in [0.5, 0.6) is 11.5 Å². The van der Waals surface area contributed by atoms with E-state index in [2.05, 4.69) is 0 Å². The van der Waals surface area contributed by atoms with E-state index in [-0.39, 0.29) is 11.1 Å². The van der Waals surface area contributed by atoms with E-state index in [1.165, 1.54) is 20.3 Å². The monoisotopic (exact) mass is 234 g/mol. The predicted molar refractivity (Wildman–Crippen MR) is 61.0 cm³/mol. The maximum Gasteiger partial charge on any atom is 0.336 e. The molecule has 0 aliphatic carbocycles. The second-order valence-electron chi connectivity index (χ2n) is 3.34. The van der Waals surface area contributed by atoms with Crippen LogP contribution in [0.25, 0.3) is 11.0 Å². The molecule has 0 fully saturated rings. The molecule has 1 heterocycles. The molecule has 5 heteroatoms. The fourth-order valence-electron chi connectivity index (χ4n) is 1.61. The number of methoxy groups -OCH3 is 2. The van der Waals surface area contributed by atoms with Gasteiger partial charge in [-0.3, -0.25) is 4.79 Å². The zero-order chi connectivity index (χ0) is 12.4. The van der Waals surface area contributed by atoms with Gasteiger partial charge in [0.2, 0.25) is 0 Å². The van der Waals surface area contributed by atoms with E-state index in [0.29, 0.717) is 23.2 Å². The molecule has 88 valence electrons. The Labute approximate surface area is 96.6 Å². The SMILES string of the molecule is COc1cc2oc(=O)cc(C=O)c2cc1OC. The summed E-state index contributed by atoms with van der Waals surface area (Å²) in [5, 5.41) is 0.511. The molecular weight excluding hydrogens is 224 g/mol. The van der Waals surface area contributed by atoms with Crippen LogP contribution in [0.1, 0.15) is 10.4 Å². The standard InChI is InChI=1S/C12H10O5/c1-15-10-4-8-7(6-13)3-12(14)17-9(8)5-11(10)16-2/h3-6H,1-2H3. The van der Waals surface area contributed by atoms with Crippen LogP contribution in [-0.2, 0) is 0 Å². The van der Waals surface area contributed by atoms with Gasteiger partial charge in [-0.1, -0.05) is 0 Å². The first-order valence-electron chi connectivity index (χ1n) is 4.84. The van der Waals surface area contributed by atoms with Gasteiger partial charge < -0.3 is 13.9 Å². The normalized spacial score (nSPS) is 10.2. The van der Waals surface area contributed by atoms with Crippen molar-refractivity contribution < 1.29 is 18.7 Å². The van der Waals surface area contributed by atoms with Crippen LogP contribution in [-0.4, -0.2) is 20.5 Å². The second-order valence-corrected chi connectivity index (χ2v) is 3.34. The Morgan fingerprint density at radius 1 is 1.12 bits per heavy atom. The van der Waals surface area contributed by atoms with Crippen molar-refractivity contribution in [3.8, 4) is 11.5 Å². The molecule has 0 amide bonds. The van der Waals surface area contributed by atoms with E-state index in [4.69, 9.17) is 13.9 Å². The van der Waals surface area contributed by atoms with Gasteiger partial charge in [0, 0.05) is 23.1 Å². The topological polar surface area (TPSA) is 65.7 Å². The molecule has 0 aliphatic rings. The number of fused-ring (bicyclic) bond motifs is 1. The minimum atomic E-state index is -0.577. The molecule has 1 aromatic heterocycles. The smallest absolute Gasteiger partial charge is 0.336 e. The van der Waals surface area contributed by atoms with Gasteiger partial charge in [-0.25, -0.2) is 4.79 Å². The van der Waals surface area contributed by atoms with Crippen molar-refractivity contribution in [1.82, 2.24) is 0 Å². The first-order chi connectivity index (χ1) is 8.19. The first-order valence-corrected chi connectivity index (χ1v) is 4.84. The maximum absolute atomic E-state index is 11.2. The highest BCUT2D eigenvalue weighted by molar-refractivity contribution is 5.96. The Morgan fingerprint density at radius 3 is 2.35 bits per heavy atom. The summed E-state index contributed by atoms with van der Waals surface area (Å²) in [5.41, 5.74) is -0.0266. The van der Waals surface area contributed by atoms with Crippen molar-refractivity contribution >= 4 is 17.3 Å². The minimum Gasteiger partial charge on any atom is -0.493 e. The van der Waals surface area contributed by atoms with E-state index < -0.39 is 5.63 Å². The average Bonchev–Trinajstić information content (AvgIpc) is 2.35. The number of rotatable bonds is 3. The van der Waals surface area contributed by atoms with Gasteiger partial charge in [0.1, 0.15) is 5.58 Å². The van der Waals surface area contributed by atoms with E-state index in [1.54, 1.807) is 6.07 Å². The van der Waals surface area contributed by atoms with Crippen LogP contribution in [0.4, 0.5) is 0 Å². The number of hydrogen-bond acceptors (Lipinski definition) is 5. The lowest BCUT2D eigenvalue weighted by Crippen LogP contribution is -2.00. The molecule has 0 unspecified atom stereocenters. The molecule has 2 aromatic rings. The van der Waals surface area contributed by atoms with Crippen LogP contribution in [0.3, 0.4) is 0 Å². The zero-order valence-corrected chi connectivity index (χ0v) is 9.35. The second kappa shape index (κ2) is 4.29. The van der Waals surface area contributed by atoms with Gasteiger partial charge in [0.05, 0.1) is 14.2 Å². The van der Waals surface area contributed by atoms with E-state index in [1.807, 2.05) is 0 Å². The average molecular weight is 234 g/mol. The van der Waals surface area contributed by atoms with Gasteiger partial charge in [0.25, 0.3) is 0 Å². The number of carbonyl (C=O) groups excluding carboxylic acids is 1. The minimum absolute atomic E-state index is 0.261. The predicted octanol–water partition coefficient (Wildman–Crippen LogP) is 1.62. The lowest BCUT2D eigenvalue weighted by Gasteiger charge is -2.08. The van der Waals surface area contributed by atoms with Gasteiger partial charge in [-0.05, 0) is 6.07 Å². The molecule has 0 atom stereocenters. The Kier molecular flexibility index (Phi) is 2.82. The molecule has 1 aromatic carbocycles. The molecule has 5 nitrogen and oxygen atoms in total. The van der Waals surface area contributed by atoms with Crippen LogP contribution in [0.15, 0.2) is 27.4 Å². The van der Waals surface area contributed by atoms with Crippen LogP contribution >= 0.6 is 0 Å². The number of benzene rings is 1. The molecular formula is C12H10O5. The number of ether oxygens (including phenoxy) is 2. The van der Waals surface area contributed by atoms with Crippen LogP contribution in [0, 0.1) is 0 Å². The van der Waals surface area contributed by atoms with Gasteiger partial charge in [-0.15, -0.1) is 0 Å². The molecule has 0 saturated carbocycles. The largest absolute Gasteiger partial charge is 0.493 e. The molecule has 0 saturated heterocycles. The molecule has 2 rings (SSSR count). The van der Waals surface area contributed by atoms with E-state index >= 15 is 0 Å². The lowest BCUT2D eigenvalue weighted by molar-refractivity contribution is 0.112. The third-order valence-corrected chi connectivity index (χ3v) is 2.41. The summed E-state index contributed by atoms with van der Waals surface area (Å²) in [6.45, 7) is 0. The molecule has 0 bridgehead atoms. The van der Waals surface area contributed by atoms with Crippen molar-refractivity contribution in [2.45, 2.75) is 0 Å². The number of aldehydes is 1. The summed E-state index contributed by atoms with van der Waals surface area (Å²) < 4.78 is 15.2. The van der Waals surface area contributed by atoms with E-state index in [9.17, 15) is 9.59 Å². The Hall–Kier alpha value is -2.30. The maximum atomic E-state index is 11.2. The van der Waals surface area contributed by atoms with Crippen LogP contribution in [0.2, 0.25) is 0 Å². The van der Waals surface area contributed by atoms with Crippen molar-refractivity contribution in [1.29, 1.82) is 0 Å². The lowest BCUT2D eigenvalue weighted by atomic mass is 10.1. The van der Waals surface area contributed by atoms with E-state index in [0.717, 1.165) is 6.07 Å². The molecule has 17 heavy (non-hydrogen) atoms.